The van der Waals surface area contributed by atoms with E-state index in [-0.39, 0.29) is 0 Å². The van der Waals surface area contributed by atoms with Gasteiger partial charge in [0.15, 0.2) is 0 Å². The van der Waals surface area contributed by atoms with Gasteiger partial charge in [0, 0.05) is 16.6 Å². The lowest BCUT2D eigenvalue weighted by Gasteiger charge is -2.18. The van der Waals surface area contributed by atoms with Gasteiger partial charge in [-0.25, -0.2) is 9.97 Å². The van der Waals surface area contributed by atoms with E-state index in [0.29, 0.717) is 0 Å². The Morgan fingerprint density at radius 1 is 0.905 bits per heavy atom. The van der Waals surface area contributed by atoms with Crippen molar-refractivity contribution in [2.75, 3.05) is 0 Å². The maximum absolute atomic E-state index is 4.82. The summed E-state index contributed by atoms with van der Waals surface area (Å²) in [5.74, 6) is 0.893. The highest BCUT2D eigenvalue weighted by Crippen LogP contribution is 2.32. The molecular weight excluding hydrogens is 272 g/mol. The lowest BCUT2D eigenvalue weighted by molar-refractivity contribution is 1.03. The number of nitrogens with zero attached hydrogens (tertiary/aromatic N) is 2. The fourth-order valence-corrected chi connectivity index (χ4v) is 6.60. The van der Waals surface area contributed by atoms with Crippen molar-refractivity contribution in [2.45, 2.75) is 26.9 Å². The standard InChI is InChI=1S/C18H18N2Si/c1-11-17-15-9-13-7-5-6-8-14(13)10-16(15)21(3,4)18(17)20-12(2)19-11/h5-10H,1-4H3. The zero-order valence-electron chi connectivity index (χ0n) is 12.9. The highest BCUT2D eigenvalue weighted by Gasteiger charge is 2.40. The molecule has 3 aromatic rings. The minimum Gasteiger partial charge on any atom is -0.242 e. The summed E-state index contributed by atoms with van der Waals surface area (Å²) < 4.78 is 0. The highest BCUT2D eigenvalue weighted by molar-refractivity contribution is 7.03. The third-order valence-electron chi connectivity index (χ3n) is 4.62. The first-order chi connectivity index (χ1) is 9.98. The van der Waals surface area contributed by atoms with E-state index in [4.69, 9.17) is 4.98 Å². The average molecular weight is 290 g/mol. The maximum Gasteiger partial charge on any atom is 0.137 e. The number of aromatic nitrogens is 2. The molecule has 104 valence electrons. The van der Waals surface area contributed by atoms with Crippen molar-refractivity contribution < 1.29 is 0 Å². The quantitative estimate of drug-likeness (QED) is 0.595. The van der Waals surface area contributed by atoms with Gasteiger partial charge in [0.1, 0.15) is 13.9 Å². The number of rotatable bonds is 0. The van der Waals surface area contributed by atoms with Crippen molar-refractivity contribution >= 4 is 29.4 Å². The molecule has 2 nitrogen and oxygen atoms in total. The van der Waals surface area contributed by atoms with Gasteiger partial charge in [-0.1, -0.05) is 43.4 Å². The Morgan fingerprint density at radius 3 is 2.29 bits per heavy atom. The van der Waals surface area contributed by atoms with Crippen LogP contribution in [0.25, 0.3) is 21.9 Å². The molecule has 1 aliphatic heterocycles. The van der Waals surface area contributed by atoms with Gasteiger partial charge in [0.05, 0.1) is 0 Å². The van der Waals surface area contributed by atoms with Crippen molar-refractivity contribution in [1.29, 1.82) is 0 Å². The first-order valence-electron chi connectivity index (χ1n) is 7.38. The Kier molecular flexibility index (Phi) is 2.43. The maximum atomic E-state index is 4.82. The summed E-state index contributed by atoms with van der Waals surface area (Å²) in [6, 6.07) is 13.3. The van der Waals surface area contributed by atoms with Gasteiger partial charge in [0.2, 0.25) is 0 Å². The third-order valence-corrected chi connectivity index (χ3v) is 7.93. The molecule has 0 radical (unpaired) electrons. The van der Waals surface area contributed by atoms with Crippen LogP contribution in [0.1, 0.15) is 11.5 Å². The molecule has 0 atom stereocenters. The summed E-state index contributed by atoms with van der Waals surface area (Å²) >= 11 is 0. The van der Waals surface area contributed by atoms with Crippen LogP contribution in [-0.2, 0) is 0 Å². The van der Waals surface area contributed by atoms with E-state index in [0.717, 1.165) is 11.5 Å². The fraction of sp³-hybridized carbons (Fsp3) is 0.222. The van der Waals surface area contributed by atoms with Gasteiger partial charge in [-0.3, -0.25) is 0 Å². The molecule has 2 aromatic carbocycles. The van der Waals surface area contributed by atoms with Crippen LogP contribution in [0.2, 0.25) is 13.1 Å². The summed E-state index contributed by atoms with van der Waals surface area (Å²) in [4.78, 5) is 9.42. The number of aryl methyl sites for hydroxylation is 2. The summed E-state index contributed by atoms with van der Waals surface area (Å²) in [7, 11) is -1.71. The topological polar surface area (TPSA) is 25.8 Å². The van der Waals surface area contributed by atoms with Crippen molar-refractivity contribution in [2.24, 2.45) is 0 Å². The minimum atomic E-state index is -1.71. The van der Waals surface area contributed by atoms with Crippen LogP contribution in [0, 0.1) is 13.8 Å². The van der Waals surface area contributed by atoms with E-state index in [1.165, 1.54) is 32.4 Å². The predicted molar refractivity (Wildman–Crippen MR) is 91.2 cm³/mol. The molecule has 3 heteroatoms. The van der Waals surface area contributed by atoms with Crippen LogP contribution in [0.3, 0.4) is 0 Å². The van der Waals surface area contributed by atoms with Gasteiger partial charge in [-0.05, 0) is 41.4 Å². The van der Waals surface area contributed by atoms with Crippen LogP contribution in [0.15, 0.2) is 36.4 Å². The fourth-order valence-electron chi connectivity index (χ4n) is 3.58. The number of benzene rings is 2. The van der Waals surface area contributed by atoms with Crippen molar-refractivity contribution in [1.82, 2.24) is 9.97 Å². The van der Waals surface area contributed by atoms with Gasteiger partial charge in [-0.2, -0.15) is 0 Å². The molecule has 0 bridgehead atoms. The van der Waals surface area contributed by atoms with E-state index in [2.05, 4.69) is 61.4 Å². The van der Waals surface area contributed by atoms with Crippen molar-refractivity contribution in [3.05, 3.63) is 47.9 Å². The molecule has 0 saturated heterocycles. The molecule has 21 heavy (non-hydrogen) atoms. The van der Waals surface area contributed by atoms with Gasteiger partial charge in [0.25, 0.3) is 0 Å². The Bertz CT molecular complexity index is 897. The Morgan fingerprint density at radius 2 is 1.57 bits per heavy atom. The predicted octanol–water partition coefficient (Wildman–Crippen LogP) is 3.05. The highest BCUT2D eigenvalue weighted by atomic mass is 28.3. The van der Waals surface area contributed by atoms with Crippen LogP contribution < -0.4 is 10.5 Å². The Hall–Kier alpha value is -2.00. The molecule has 4 rings (SSSR count). The normalized spacial score (nSPS) is 15.0. The Labute approximate surface area is 125 Å². The molecule has 0 aliphatic carbocycles. The second-order valence-electron chi connectivity index (χ2n) is 6.45. The summed E-state index contributed by atoms with van der Waals surface area (Å²) in [6.45, 7) is 8.91. The Balaban J connectivity index is 2.16. The molecule has 0 spiro atoms. The van der Waals surface area contributed by atoms with Crippen LogP contribution in [0.4, 0.5) is 0 Å². The molecule has 1 aliphatic rings. The van der Waals surface area contributed by atoms with Gasteiger partial charge < -0.3 is 0 Å². The van der Waals surface area contributed by atoms with E-state index < -0.39 is 8.07 Å². The summed E-state index contributed by atoms with van der Waals surface area (Å²) in [5.41, 5.74) is 3.77. The van der Waals surface area contributed by atoms with Crippen molar-refractivity contribution in [3.63, 3.8) is 0 Å². The van der Waals surface area contributed by atoms with Crippen LogP contribution >= 0.6 is 0 Å². The first-order valence-corrected chi connectivity index (χ1v) is 10.4. The van der Waals surface area contributed by atoms with Gasteiger partial charge in [-0.15, -0.1) is 0 Å². The van der Waals surface area contributed by atoms with Crippen LogP contribution in [-0.4, -0.2) is 18.0 Å². The smallest absolute Gasteiger partial charge is 0.137 e. The number of fused-ring (bicyclic) bond motifs is 4. The molecule has 0 saturated carbocycles. The van der Waals surface area contributed by atoms with E-state index in [1.807, 2.05) is 6.92 Å². The number of hydrogen-bond donors (Lipinski definition) is 0. The number of hydrogen-bond acceptors (Lipinski definition) is 2. The van der Waals surface area contributed by atoms with E-state index >= 15 is 0 Å². The van der Waals surface area contributed by atoms with E-state index in [1.54, 1.807) is 0 Å². The average Bonchev–Trinajstić information content (AvgIpc) is 2.65. The van der Waals surface area contributed by atoms with Crippen molar-refractivity contribution in [3.8, 4) is 11.1 Å². The third kappa shape index (κ3) is 1.64. The largest absolute Gasteiger partial charge is 0.242 e. The molecular formula is C18H18N2Si. The lowest BCUT2D eigenvalue weighted by Crippen LogP contribution is -2.51. The lowest BCUT2D eigenvalue weighted by atomic mass is 10.0. The van der Waals surface area contributed by atoms with Crippen LogP contribution in [0.5, 0.6) is 0 Å². The summed E-state index contributed by atoms with van der Waals surface area (Å²) in [6.07, 6.45) is 0. The van der Waals surface area contributed by atoms with Gasteiger partial charge >= 0.3 is 0 Å². The first kappa shape index (κ1) is 12.7. The summed E-state index contributed by atoms with van der Waals surface area (Å²) in [5, 5.41) is 5.43. The molecule has 0 fully saturated rings. The molecule has 2 heterocycles. The molecule has 0 N–H and O–H groups in total. The minimum absolute atomic E-state index is 0.893. The molecule has 0 unspecified atom stereocenters. The zero-order chi connectivity index (χ0) is 14.8. The second-order valence-corrected chi connectivity index (χ2v) is 10.7. The SMILES string of the molecule is Cc1nc(C)c2c(n1)[Si](C)(C)c1cc3ccccc3cc1-2. The zero-order valence-corrected chi connectivity index (χ0v) is 13.9. The molecule has 0 amide bonds. The van der Waals surface area contributed by atoms with E-state index in [9.17, 15) is 0 Å². The molecule has 1 aromatic heterocycles. The second kappa shape index (κ2) is 4.01. The monoisotopic (exact) mass is 290 g/mol.